The Hall–Kier alpha value is -7.13. The van der Waals surface area contributed by atoms with E-state index in [4.69, 9.17) is 26.9 Å². The van der Waals surface area contributed by atoms with Crippen LogP contribution in [-0.4, -0.2) is 19.6 Å². The monoisotopic (exact) mass is 1110 g/mol. The van der Waals surface area contributed by atoms with Crippen molar-refractivity contribution in [3.8, 4) is 89.7 Å². The predicted molar refractivity (Wildman–Crippen MR) is 289 cm³/mol. The van der Waals surface area contributed by atoms with Gasteiger partial charge < -0.3 is 5.11 Å². The predicted octanol–water partition coefficient (Wildman–Crippen LogP) is 17.1. The molecule has 2 aromatic heterocycles. The molecule has 0 spiro atoms. The van der Waals surface area contributed by atoms with Gasteiger partial charge in [-0.2, -0.15) is 0 Å². The Labute approximate surface area is 454 Å². The van der Waals surface area contributed by atoms with E-state index in [1.54, 1.807) is 49.4 Å². The SMILES string of the molecule is [2H]c1nc(-c2[c-]c(-c3cccc4c3nc(-c3cc(C)cc(C)c3O)n4-c3cc(C([2H])([2H])[2H])c(-c4ccccc4)cc3-c3ccc(C(C)(C)C)cc3)cc(-c3ccccc3)c2)c([2H])c(-c2c([2H])c([2H])c(C(C([2H])([2H])[2H])(C([2H])([2H])[2H])C([2H])([2H])[2H])c([2H])c2[2H])c1[2H].[Pt]. The van der Waals surface area contributed by atoms with E-state index >= 15 is 0 Å². The molecule has 8 aromatic carbocycles. The van der Waals surface area contributed by atoms with E-state index < -0.39 is 91.9 Å². The van der Waals surface area contributed by atoms with Gasteiger partial charge in [-0.3, -0.25) is 9.55 Å². The first-order valence-electron chi connectivity index (χ1n) is 31.9. The van der Waals surface area contributed by atoms with Crippen LogP contribution in [0.2, 0.25) is 0 Å². The molecule has 0 aliphatic rings. The molecule has 2 heterocycles. The number of aromatic nitrogens is 3. The quantitative estimate of drug-likeness (QED) is 0.154. The Kier molecular flexibility index (Phi) is 8.08. The number of imidazole rings is 1. The summed E-state index contributed by atoms with van der Waals surface area (Å²) in [5.74, 6) is 0.167. The molecule has 0 unspecified atom stereocenters. The first-order chi connectivity index (χ1) is 41.0. The van der Waals surface area contributed by atoms with Gasteiger partial charge in [0.05, 0.1) is 31.9 Å². The third-order valence-electron chi connectivity index (χ3n) is 12.3. The summed E-state index contributed by atoms with van der Waals surface area (Å²) >= 11 is 0. The molecule has 350 valence electrons. The van der Waals surface area contributed by atoms with Crippen LogP contribution in [0.3, 0.4) is 0 Å². The molecule has 0 saturated carbocycles. The van der Waals surface area contributed by atoms with Gasteiger partial charge in [-0.1, -0.05) is 191 Å². The van der Waals surface area contributed by atoms with Crippen LogP contribution < -0.4 is 0 Å². The largest absolute Gasteiger partial charge is 0.507 e. The van der Waals surface area contributed by atoms with Gasteiger partial charge in [0.25, 0.3) is 0 Å². The molecule has 0 aliphatic heterocycles. The van der Waals surface area contributed by atoms with Gasteiger partial charge in [0.1, 0.15) is 11.6 Å². The molecule has 0 bridgehead atoms. The van der Waals surface area contributed by atoms with Gasteiger partial charge in [0.2, 0.25) is 0 Å². The van der Waals surface area contributed by atoms with Crippen molar-refractivity contribution in [1.29, 1.82) is 0 Å². The number of phenols is 1. The van der Waals surface area contributed by atoms with Crippen LogP contribution in [0.5, 0.6) is 5.75 Å². The molecule has 0 aliphatic carbocycles. The van der Waals surface area contributed by atoms with Gasteiger partial charge in [0, 0.05) is 54.9 Å². The maximum Gasteiger partial charge on any atom is 0.148 e. The average Bonchev–Trinajstić information content (AvgIpc) is 0.841. The summed E-state index contributed by atoms with van der Waals surface area (Å²) in [4.78, 5) is 9.78. The van der Waals surface area contributed by atoms with E-state index in [1.165, 1.54) is 0 Å². The number of hydrogen-bond donors (Lipinski definition) is 1. The third-order valence-corrected chi connectivity index (χ3v) is 12.3. The summed E-state index contributed by atoms with van der Waals surface area (Å²) in [7, 11) is 0. The topological polar surface area (TPSA) is 50.9 Å². The van der Waals surface area contributed by atoms with E-state index in [9.17, 15) is 9.22 Å². The molecule has 0 fully saturated rings. The number of aromatic hydroxyl groups is 1. The van der Waals surface area contributed by atoms with Crippen LogP contribution in [0.15, 0.2) is 182 Å². The minimum absolute atomic E-state index is 0. The van der Waals surface area contributed by atoms with E-state index in [1.807, 2.05) is 109 Å². The maximum atomic E-state index is 12.1. The molecular weight excluding hydrogens is 1030 g/mol. The Morgan fingerprint density at radius 1 is 0.571 bits per heavy atom. The second-order valence-corrected chi connectivity index (χ2v) is 18.3. The molecule has 70 heavy (non-hydrogen) atoms. The second-order valence-electron chi connectivity index (χ2n) is 18.3. The number of hydrogen-bond acceptors (Lipinski definition) is 3. The smallest absolute Gasteiger partial charge is 0.148 e. The zero-order chi connectivity index (χ0) is 64.3. The van der Waals surface area contributed by atoms with E-state index in [0.717, 1.165) is 16.7 Å². The summed E-state index contributed by atoms with van der Waals surface area (Å²) in [6.07, 6.45) is -0.805. The number of nitrogens with zero attached hydrogens (tertiary/aromatic N) is 3. The van der Waals surface area contributed by atoms with Crippen LogP contribution in [0.25, 0.3) is 95.0 Å². The van der Waals surface area contributed by atoms with Crippen molar-refractivity contribution < 1.29 is 52.2 Å². The Morgan fingerprint density at radius 2 is 1.26 bits per heavy atom. The standard InChI is InChI=1S/C65H58N3O.Pt/c1-41-33-43(3)62(69)57(34-41)63-67-61-54(50-36-49(44-17-12-10-13-18-44)37-51(38-50)58-39-48(31-32-66-58)45-23-27-52(28-24-45)64(4,5)6)21-16-22-59(61)68(63)60-35-42(2)55(46-19-14-11-15-20-46)40-56(60)47-25-29-53(30-26-47)65(7,8)9;/h10-37,39-40,69H,1-9H3;/q-1;/i2D3,4D3,5D3,6D3,23D,24D,27D,28D,31D,32D,39D;. The van der Waals surface area contributed by atoms with Crippen LogP contribution in [-0.2, 0) is 31.9 Å². The minimum Gasteiger partial charge on any atom is -0.507 e. The fourth-order valence-electron chi connectivity index (χ4n) is 8.72. The van der Waals surface area contributed by atoms with Gasteiger partial charge >= 0.3 is 0 Å². The van der Waals surface area contributed by atoms with Crippen LogP contribution >= 0.6 is 0 Å². The zero-order valence-electron chi connectivity index (χ0n) is 57.9. The van der Waals surface area contributed by atoms with Gasteiger partial charge in [-0.15, -0.1) is 23.8 Å². The summed E-state index contributed by atoms with van der Waals surface area (Å²) in [5.41, 5.74) is 1.09. The Bertz CT molecular complexity index is 4350. The summed E-state index contributed by atoms with van der Waals surface area (Å²) in [5, 5.41) is 12.1. The van der Waals surface area contributed by atoms with Crippen molar-refractivity contribution >= 4 is 11.0 Å². The second kappa shape index (κ2) is 19.0. The minimum atomic E-state index is -3.96. The molecular formula is C65H58N3OPt-. The molecule has 0 atom stereocenters. The van der Waals surface area contributed by atoms with Crippen molar-refractivity contribution in [2.24, 2.45) is 0 Å². The van der Waals surface area contributed by atoms with Crippen molar-refractivity contribution in [2.45, 2.75) is 72.9 Å². The van der Waals surface area contributed by atoms with Crippen LogP contribution in [0.4, 0.5) is 0 Å². The van der Waals surface area contributed by atoms with Gasteiger partial charge in [-0.05, 0) is 123 Å². The van der Waals surface area contributed by atoms with E-state index in [0.29, 0.717) is 66.8 Å². The van der Waals surface area contributed by atoms with Crippen molar-refractivity contribution in [1.82, 2.24) is 14.5 Å². The number of benzene rings is 8. The van der Waals surface area contributed by atoms with Crippen molar-refractivity contribution in [2.75, 3.05) is 0 Å². The van der Waals surface area contributed by atoms with Crippen molar-refractivity contribution in [3.63, 3.8) is 0 Å². The first kappa shape index (κ1) is 29.8. The van der Waals surface area contributed by atoms with Crippen molar-refractivity contribution in [3.05, 3.63) is 216 Å². The van der Waals surface area contributed by atoms with E-state index in [-0.39, 0.29) is 54.9 Å². The number of para-hydroxylation sites is 1. The van der Waals surface area contributed by atoms with E-state index in [2.05, 4.69) is 31.8 Å². The molecule has 10 rings (SSSR count). The molecule has 0 amide bonds. The fraction of sp³-hybridized carbons (Fsp3) is 0.169. The summed E-state index contributed by atoms with van der Waals surface area (Å²) in [6.45, 7) is -4.55. The first-order valence-corrected chi connectivity index (χ1v) is 22.4. The molecule has 5 heteroatoms. The Balaban J connectivity index is 0.00000941. The number of aryl methyl sites for hydroxylation is 3. The molecule has 0 saturated heterocycles. The normalized spacial score (nSPS) is 16.4. The number of pyridine rings is 1. The zero-order valence-corrected chi connectivity index (χ0v) is 41.2. The molecule has 0 radical (unpaired) electrons. The molecule has 1 N–H and O–H groups in total. The summed E-state index contributed by atoms with van der Waals surface area (Å²) in [6, 6.07) is 39.1. The number of phenolic OH excluding ortho intramolecular Hbond substituents is 1. The third kappa shape index (κ3) is 9.34. The van der Waals surface area contributed by atoms with Crippen LogP contribution in [0.1, 0.15) is 95.2 Å². The Morgan fingerprint density at radius 3 is 1.94 bits per heavy atom. The maximum absolute atomic E-state index is 12.1. The molecule has 10 aromatic rings. The van der Waals surface area contributed by atoms with Gasteiger partial charge in [-0.25, -0.2) is 4.98 Å². The van der Waals surface area contributed by atoms with Gasteiger partial charge in [0.15, 0.2) is 0 Å². The number of fused-ring (bicyclic) bond motifs is 1. The number of rotatable bonds is 8. The molecule has 4 nitrogen and oxygen atoms in total. The fourth-order valence-corrected chi connectivity index (χ4v) is 8.72. The van der Waals surface area contributed by atoms with Crippen LogP contribution in [0, 0.1) is 26.8 Å². The average molecular weight is 1110 g/mol. The summed E-state index contributed by atoms with van der Waals surface area (Å²) < 4.78 is 168.